The zero-order valence-electron chi connectivity index (χ0n) is 6.04. The predicted octanol–water partition coefficient (Wildman–Crippen LogP) is 2.06. The van der Waals surface area contributed by atoms with Crippen molar-refractivity contribution < 1.29 is 0 Å². The van der Waals surface area contributed by atoms with Gasteiger partial charge in [0, 0.05) is 12.4 Å². The van der Waals surface area contributed by atoms with Gasteiger partial charge in [-0.3, -0.25) is 4.99 Å². The van der Waals surface area contributed by atoms with Gasteiger partial charge >= 0.3 is 0 Å². The summed E-state index contributed by atoms with van der Waals surface area (Å²) in [6.45, 7) is 0.798. The summed E-state index contributed by atoms with van der Waals surface area (Å²) in [4.78, 5) is 11.9. The van der Waals surface area contributed by atoms with Crippen molar-refractivity contribution in [2.45, 2.75) is 5.92 Å². The van der Waals surface area contributed by atoms with E-state index in [1.165, 1.54) is 0 Å². The van der Waals surface area contributed by atoms with E-state index in [9.17, 15) is 0 Å². The van der Waals surface area contributed by atoms with Gasteiger partial charge in [-0.05, 0) is 27.5 Å². The highest BCUT2D eigenvalue weighted by molar-refractivity contribution is 9.10. The lowest BCUT2D eigenvalue weighted by atomic mass is 10.0. The highest BCUT2D eigenvalue weighted by Crippen LogP contribution is 2.25. The van der Waals surface area contributed by atoms with E-state index in [0.29, 0.717) is 5.92 Å². The first kappa shape index (κ1) is 8.13. The van der Waals surface area contributed by atoms with E-state index in [1.54, 1.807) is 6.20 Å². The van der Waals surface area contributed by atoms with Gasteiger partial charge in [0.05, 0.1) is 22.6 Å². The lowest BCUT2D eigenvalue weighted by Crippen LogP contribution is -2.16. The standard InChI is InChI=1S/C7H5BrClN3/c8-5-3-11-7(9)12-6(5)4-1-10-2-4/h1,3-4H,2H2. The molecule has 1 aromatic heterocycles. The second-order valence-electron chi connectivity index (χ2n) is 2.49. The van der Waals surface area contributed by atoms with Crippen LogP contribution in [-0.4, -0.2) is 22.7 Å². The van der Waals surface area contributed by atoms with Crippen LogP contribution in [0.3, 0.4) is 0 Å². The Bertz CT molecular complexity index is 339. The predicted molar refractivity (Wildman–Crippen MR) is 50.8 cm³/mol. The number of hydrogen-bond donors (Lipinski definition) is 0. The van der Waals surface area contributed by atoms with Crippen LogP contribution in [0.25, 0.3) is 0 Å². The van der Waals surface area contributed by atoms with Crippen LogP contribution in [0, 0.1) is 0 Å². The van der Waals surface area contributed by atoms with Crippen LogP contribution in [0.5, 0.6) is 0 Å². The fraction of sp³-hybridized carbons (Fsp3) is 0.286. The molecule has 3 nitrogen and oxygen atoms in total. The molecule has 1 atom stereocenters. The molecule has 62 valence electrons. The normalized spacial score (nSPS) is 20.7. The van der Waals surface area contributed by atoms with Crippen LogP contribution in [0.4, 0.5) is 0 Å². The molecule has 0 radical (unpaired) electrons. The Morgan fingerprint density at radius 1 is 1.58 bits per heavy atom. The number of halogens is 2. The van der Waals surface area contributed by atoms with Gasteiger partial charge in [0.1, 0.15) is 0 Å². The lowest BCUT2D eigenvalue weighted by molar-refractivity contribution is 0.793. The molecule has 1 aliphatic rings. The summed E-state index contributed by atoms with van der Waals surface area (Å²) in [6.07, 6.45) is 3.53. The molecule has 0 saturated heterocycles. The third kappa shape index (κ3) is 1.36. The molecule has 1 unspecified atom stereocenters. The number of hydrogen-bond acceptors (Lipinski definition) is 3. The minimum atomic E-state index is 0.286. The first-order valence-corrected chi connectivity index (χ1v) is 4.62. The summed E-state index contributed by atoms with van der Waals surface area (Å²) in [7, 11) is 0. The Balaban J connectivity index is 2.41. The van der Waals surface area contributed by atoms with E-state index in [1.807, 2.05) is 6.21 Å². The van der Waals surface area contributed by atoms with E-state index in [4.69, 9.17) is 11.6 Å². The first-order valence-electron chi connectivity index (χ1n) is 3.45. The fourth-order valence-electron chi connectivity index (χ4n) is 0.986. The van der Waals surface area contributed by atoms with Crippen LogP contribution >= 0.6 is 27.5 Å². The maximum absolute atomic E-state index is 5.65. The summed E-state index contributed by atoms with van der Waals surface area (Å²) in [6, 6.07) is 0. The lowest BCUT2D eigenvalue weighted by Gasteiger charge is -2.16. The highest BCUT2D eigenvalue weighted by atomic mass is 79.9. The van der Waals surface area contributed by atoms with Gasteiger partial charge in [0.15, 0.2) is 0 Å². The summed E-state index contributed by atoms with van der Waals surface area (Å²) in [5, 5.41) is 0.286. The molecule has 0 amide bonds. The van der Waals surface area contributed by atoms with E-state index in [0.717, 1.165) is 16.7 Å². The monoisotopic (exact) mass is 245 g/mol. The molecule has 2 rings (SSSR count). The average Bonchev–Trinajstić information content (AvgIpc) is 1.93. The van der Waals surface area contributed by atoms with Crippen LogP contribution in [-0.2, 0) is 0 Å². The van der Waals surface area contributed by atoms with Crippen LogP contribution < -0.4 is 0 Å². The van der Waals surface area contributed by atoms with Crippen molar-refractivity contribution in [2.24, 2.45) is 4.99 Å². The third-order valence-electron chi connectivity index (χ3n) is 1.68. The number of aromatic nitrogens is 2. The smallest absolute Gasteiger partial charge is 0.222 e. The minimum Gasteiger partial charge on any atom is -0.296 e. The van der Waals surface area contributed by atoms with Gasteiger partial charge in [-0.2, -0.15) is 0 Å². The molecule has 1 aromatic rings. The minimum absolute atomic E-state index is 0.286. The molecule has 0 N–H and O–H groups in total. The van der Waals surface area contributed by atoms with Crippen LogP contribution in [0.1, 0.15) is 11.6 Å². The summed E-state index contributed by atoms with van der Waals surface area (Å²) >= 11 is 9.01. The quantitative estimate of drug-likeness (QED) is 0.712. The molecule has 2 heterocycles. The van der Waals surface area contributed by atoms with Gasteiger partial charge in [-0.15, -0.1) is 0 Å². The topological polar surface area (TPSA) is 38.1 Å². The molecule has 0 fully saturated rings. The van der Waals surface area contributed by atoms with E-state index < -0.39 is 0 Å². The van der Waals surface area contributed by atoms with E-state index >= 15 is 0 Å². The largest absolute Gasteiger partial charge is 0.296 e. The Hall–Kier alpha value is -0.480. The number of rotatable bonds is 1. The molecule has 0 bridgehead atoms. The molecule has 1 aliphatic heterocycles. The van der Waals surface area contributed by atoms with Crippen molar-refractivity contribution >= 4 is 33.7 Å². The van der Waals surface area contributed by atoms with E-state index in [2.05, 4.69) is 30.9 Å². The Morgan fingerprint density at radius 2 is 2.33 bits per heavy atom. The SMILES string of the molecule is Clc1ncc(Br)c(C2C=NC2)n1. The van der Waals surface area contributed by atoms with E-state index in [-0.39, 0.29) is 5.28 Å². The van der Waals surface area contributed by atoms with Gasteiger partial charge in [-0.25, -0.2) is 9.97 Å². The zero-order chi connectivity index (χ0) is 8.55. The van der Waals surface area contributed by atoms with Crippen molar-refractivity contribution in [1.82, 2.24) is 9.97 Å². The maximum atomic E-state index is 5.65. The maximum Gasteiger partial charge on any atom is 0.222 e. The second-order valence-corrected chi connectivity index (χ2v) is 3.69. The van der Waals surface area contributed by atoms with Gasteiger partial charge in [0.2, 0.25) is 5.28 Å². The van der Waals surface area contributed by atoms with Crippen molar-refractivity contribution in [3.05, 3.63) is 21.6 Å². The summed E-state index contributed by atoms with van der Waals surface area (Å²) < 4.78 is 0.892. The van der Waals surface area contributed by atoms with Gasteiger partial charge in [0.25, 0.3) is 0 Å². The molecular formula is C7H5BrClN3. The molecule has 12 heavy (non-hydrogen) atoms. The number of nitrogens with zero attached hydrogens (tertiary/aromatic N) is 3. The Kier molecular flexibility index (Phi) is 2.11. The fourth-order valence-corrected chi connectivity index (χ4v) is 1.61. The molecule has 0 aromatic carbocycles. The average molecular weight is 246 g/mol. The number of aliphatic imine (C=N–C) groups is 1. The van der Waals surface area contributed by atoms with Crippen molar-refractivity contribution in [2.75, 3.05) is 6.54 Å². The summed E-state index contributed by atoms with van der Waals surface area (Å²) in [5.41, 5.74) is 0.921. The molecule has 5 heteroatoms. The van der Waals surface area contributed by atoms with Crippen molar-refractivity contribution in [1.29, 1.82) is 0 Å². The van der Waals surface area contributed by atoms with Crippen LogP contribution in [0.2, 0.25) is 5.28 Å². The van der Waals surface area contributed by atoms with Crippen molar-refractivity contribution in [3.63, 3.8) is 0 Å². The van der Waals surface area contributed by atoms with Crippen molar-refractivity contribution in [3.8, 4) is 0 Å². The molecule has 0 saturated carbocycles. The molecule has 0 aliphatic carbocycles. The summed E-state index contributed by atoms with van der Waals surface area (Å²) in [5.74, 6) is 0.305. The molecular weight excluding hydrogens is 241 g/mol. The third-order valence-corrected chi connectivity index (χ3v) is 2.47. The Morgan fingerprint density at radius 3 is 2.92 bits per heavy atom. The second kappa shape index (κ2) is 3.11. The first-order chi connectivity index (χ1) is 5.77. The van der Waals surface area contributed by atoms with Gasteiger partial charge in [-0.1, -0.05) is 0 Å². The zero-order valence-corrected chi connectivity index (χ0v) is 8.38. The highest BCUT2D eigenvalue weighted by Gasteiger charge is 2.19. The van der Waals surface area contributed by atoms with Gasteiger partial charge < -0.3 is 0 Å². The van der Waals surface area contributed by atoms with Crippen LogP contribution in [0.15, 0.2) is 15.7 Å². The molecule has 0 spiro atoms. The Labute approximate surface area is 83.0 Å².